The van der Waals surface area contributed by atoms with Crippen molar-refractivity contribution in [1.29, 1.82) is 0 Å². The highest BCUT2D eigenvalue weighted by Crippen LogP contribution is 2.42. The quantitative estimate of drug-likeness (QED) is 0.259. The van der Waals surface area contributed by atoms with E-state index >= 15 is 4.39 Å². The van der Waals surface area contributed by atoms with Crippen molar-refractivity contribution < 1.29 is 23.5 Å². The number of hydrogen-bond acceptors (Lipinski definition) is 10. The lowest BCUT2D eigenvalue weighted by molar-refractivity contribution is -0.142. The maximum absolute atomic E-state index is 15.4. The number of amides is 1. The monoisotopic (exact) mass is 623 g/mol. The second kappa shape index (κ2) is 12.4. The van der Waals surface area contributed by atoms with Gasteiger partial charge in [0.25, 0.3) is 5.91 Å². The highest BCUT2D eigenvalue weighted by molar-refractivity contribution is 6.09. The normalized spacial score (nSPS) is 16.3. The van der Waals surface area contributed by atoms with Gasteiger partial charge in [0.2, 0.25) is 11.9 Å². The zero-order valence-corrected chi connectivity index (χ0v) is 25.5. The molecular weight excluding hydrogens is 589 g/mol. The van der Waals surface area contributed by atoms with Crippen LogP contribution in [0, 0.1) is 5.82 Å². The number of carbonyl (C=O) groups is 2. The van der Waals surface area contributed by atoms with Gasteiger partial charge in [0, 0.05) is 49.1 Å². The molecule has 0 radical (unpaired) electrons. The molecule has 1 aliphatic carbocycles. The zero-order valence-electron chi connectivity index (χ0n) is 25.5. The van der Waals surface area contributed by atoms with E-state index in [0.29, 0.717) is 48.9 Å². The molecule has 3 N–H and O–H groups in total. The number of anilines is 5. The first-order valence-electron chi connectivity index (χ1n) is 15.4. The maximum atomic E-state index is 15.4. The Bertz CT molecular complexity index is 1810. The van der Waals surface area contributed by atoms with E-state index in [0.717, 1.165) is 48.4 Å². The van der Waals surface area contributed by atoms with Crippen LogP contribution in [0.4, 0.5) is 33.3 Å². The Balaban J connectivity index is 1.20. The molecule has 1 aromatic heterocycles. The minimum Gasteiger partial charge on any atom is -0.461 e. The van der Waals surface area contributed by atoms with E-state index in [1.165, 1.54) is 17.9 Å². The van der Waals surface area contributed by atoms with Crippen LogP contribution >= 0.6 is 0 Å². The molecule has 1 amide bonds. The summed E-state index contributed by atoms with van der Waals surface area (Å²) in [7, 11) is 0. The molecular formula is C34H34FN7O4. The fourth-order valence-electron chi connectivity index (χ4n) is 6.11. The maximum Gasteiger partial charge on any atom is 0.302 e. The second-order valence-corrected chi connectivity index (χ2v) is 11.7. The van der Waals surface area contributed by atoms with Crippen molar-refractivity contribution in [3.8, 4) is 11.4 Å². The number of nitrogens with one attached hydrogen (secondary N) is 1. The van der Waals surface area contributed by atoms with Crippen LogP contribution in [0.1, 0.15) is 52.7 Å². The minimum absolute atomic E-state index is 0.0159. The van der Waals surface area contributed by atoms with Gasteiger partial charge < -0.3 is 30.3 Å². The van der Waals surface area contributed by atoms with E-state index in [2.05, 4.69) is 25.2 Å². The molecule has 2 fully saturated rings. The lowest BCUT2D eigenvalue weighted by Crippen LogP contribution is -2.39. The molecule has 3 heterocycles. The van der Waals surface area contributed by atoms with Crippen molar-refractivity contribution in [2.75, 3.05) is 53.7 Å². The number of nitrogens with two attached hydrogens (primary N) is 1. The summed E-state index contributed by atoms with van der Waals surface area (Å²) in [6.07, 6.45) is 2.59. The number of fused-ring (bicyclic) bond motifs is 1. The number of carbonyl (C=O) groups excluding carboxylic acids is 2. The van der Waals surface area contributed by atoms with Gasteiger partial charge in [-0.15, -0.1) is 0 Å². The van der Waals surface area contributed by atoms with Gasteiger partial charge >= 0.3 is 5.97 Å². The van der Waals surface area contributed by atoms with Gasteiger partial charge in [-0.1, -0.05) is 18.2 Å². The molecule has 0 unspecified atom stereocenters. The van der Waals surface area contributed by atoms with Crippen molar-refractivity contribution in [3.05, 3.63) is 82.7 Å². The number of morpholine rings is 1. The smallest absolute Gasteiger partial charge is 0.302 e. The van der Waals surface area contributed by atoms with Gasteiger partial charge in [0.05, 0.1) is 24.5 Å². The predicted octanol–water partition coefficient (Wildman–Crippen LogP) is 4.98. The van der Waals surface area contributed by atoms with E-state index < -0.39 is 17.7 Å². The lowest BCUT2D eigenvalue weighted by Gasteiger charge is -2.31. The van der Waals surface area contributed by atoms with Crippen LogP contribution in [0.25, 0.3) is 11.4 Å². The summed E-state index contributed by atoms with van der Waals surface area (Å²) in [5, 5.41) is 3.20. The van der Waals surface area contributed by atoms with E-state index in [9.17, 15) is 9.59 Å². The molecule has 11 nitrogen and oxygen atoms in total. The van der Waals surface area contributed by atoms with Crippen LogP contribution < -0.4 is 20.9 Å². The van der Waals surface area contributed by atoms with E-state index in [-0.39, 0.29) is 29.9 Å². The molecule has 46 heavy (non-hydrogen) atoms. The first-order valence-corrected chi connectivity index (χ1v) is 15.4. The number of halogens is 1. The van der Waals surface area contributed by atoms with Gasteiger partial charge in [-0.3, -0.25) is 9.59 Å². The molecule has 12 heteroatoms. The Morgan fingerprint density at radius 2 is 1.85 bits per heavy atom. The van der Waals surface area contributed by atoms with Crippen LogP contribution in [0.5, 0.6) is 0 Å². The third-order valence-electron chi connectivity index (χ3n) is 8.56. The van der Waals surface area contributed by atoms with Crippen LogP contribution in [-0.2, 0) is 27.3 Å². The molecule has 3 aromatic carbocycles. The Hall–Kier alpha value is -5.10. The van der Waals surface area contributed by atoms with Crippen LogP contribution in [-0.4, -0.2) is 59.7 Å². The zero-order chi connectivity index (χ0) is 31.8. The Labute approximate surface area is 265 Å². The van der Waals surface area contributed by atoms with Gasteiger partial charge in [-0.05, 0) is 72.7 Å². The van der Waals surface area contributed by atoms with Gasteiger partial charge in [-0.25, -0.2) is 4.39 Å². The molecule has 236 valence electrons. The number of rotatable bonds is 8. The summed E-state index contributed by atoms with van der Waals surface area (Å²) in [4.78, 5) is 42.8. The second-order valence-electron chi connectivity index (χ2n) is 11.7. The first-order chi connectivity index (χ1) is 22.3. The predicted molar refractivity (Wildman–Crippen MR) is 172 cm³/mol. The van der Waals surface area contributed by atoms with Gasteiger partial charge in [0.15, 0.2) is 5.82 Å². The Kier molecular flexibility index (Phi) is 7.95. The highest BCUT2D eigenvalue weighted by atomic mass is 19.1. The van der Waals surface area contributed by atoms with Crippen molar-refractivity contribution in [2.45, 2.75) is 38.7 Å². The SMILES string of the molecule is CC(=O)OCc1c(-c2nc(N)nc(Nc3ccc(N4CCOCC4)cc3)n2)cccc1N1CCc2cc(C3CC3)cc(F)c2C1=O. The summed E-state index contributed by atoms with van der Waals surface area (Å²) in [5.74, 6) is -0.630. The summed E-state index contributed by atoms with van der Waals surface area (Å²) in [5.41, 5.74) is 11.2. The third-order valence-corrected chi connectivity index (χ3v) is 8.56. The van der Waals surface area contributed by atoms with E-state index in [1.54, 1.807) is 18.2 Å². The molecule has 1 saturated heterocycles. The molecule has 0 bridgehead atoms. The Morgan fingerprint density at radius 1 is 1.07 bits per heavy atom. The average molecular weight is 624 g/mol. The summed E-state index contributed by atoms with van der Waals surface area (Å²) >= 11 is 0. The number of aromatic nitrogens is 3. The van der Waals surface area contributed by atoms with Gasteiger partial charge in [-0.2, -0.15) is 15.0 Å². The van der Waals surface area contributed by atoms with Crippen LogP contribution in [0.3, 0.4) is 0 Å². The molecule has 4 aromatic rings. The number of benzene rings is 3. The molecule has 0 spiro atoms. The fraction of sp³-hybridized carbons (Fsp3) is 0.324. The van der Waals surface area contributed by atoms with Crippen molar-refractivity contribution in [3.63, 3.8) is 0 Å². The number of hydrogen-bond donors (Lipinski definition) is 2. The average Bonchev–Trinajstić information content (AvgIpc) is 3.90. The number of ether oxygens (including phenoxy) is 2. The summed E-state index contributed by atoms with van der Waals surface area (Å²) < 4.78 is 26.3. The van der Waals surface area contributed by atoms with Crippen molar-refractivity contribution in [1.82, 2.24) is 15.0 Å². The minimum atomic E-state index is -0.509. The molecule has 0 atom stereocenters. The van der Waals surface area contributed by atoms with Crippen molar-refractivity contribution >= 4 is 40.8 Å². The number of nitrogens with zero attached hydrogens (tertiary/aromatic N) is 5. The molecule has 1 saturated carbocycles. The molecule has 3 aliphatic rings. The lowest BCUT2D eigenvalue weighted by atomic mass is 9.93. The Morgan fingerprint density at radius 3 is 2.59 bits per heavy atom. The largest absolute Gasteiger partial charge is 0.461 e. The van der Waals surface area contributed by atoms with E-state index in [1.807, 2.05) is 30.3 Å². The number of esters is 1. The standard InChI is InChI=1S/C34H34FN7O4/c1-20(43)46-19-27-26(3-2-4-29(27)42-12-11-22-17-23(21-5-6-21)18-28(35)30(22)32(42)44)31-38-33(36)40-34(39-31)37-24-7-9-25(10-8-24)41-13-15-45-16-14-41/h2-4,7-10,17-18,21H,5-6,11-16,19H2,1H3,(H3,36,37,38,39,40). The molecule has 2 aliphatic heterocycles. The first kappa shape index (κ1) is 29.6. The summed E-state index contributed by atoms with van der Waals surface area (Å²) in [6.45, 7) is 4.56. The number of nitrogen functional groups attached to an aromatic ring is 1. The van der Waals surface area contributed by atoms with Gasteiger partial charge in [0.1, 0.15) is 12.4 Å². The van der Waals surface area contributed by atoms with Crippen LogP contribution in [0.2, 0.25) is 0 Å². The molecule has 7 rings (SSSR count). The van der Waals surface area contributed by atoms with Crippen LogP contribution in [0.15, 0.2) is 54.6 Å². The fourth-order valence-corrected chi connectivity index (χ4v) is 6.11. The highest BCUT2D eigenvalue weighted by Gasteiger charge is 2.33. The van der Waals surface area contributed by atoms with Crippen molar-refractivity contribution in [2.24, 2.45) is 0 Å². The summed E-state index contributed by atoms with van der Waals surface area (Å²) in [6, 6.07) is 16.6. The third kappa shape index (κ3) is 6.08. The topological polar surface area (TPSA) is 136 Å². The van der Waals surface area contributed by atoms with E-state index in [4.69, 9.17) is 15.2 Å².